The predicted molar refractivity (Wildman–Crippen MR) is 78.2 cm³/mol. The van der Waals surface area contributed by atoms with E-state index in [9.17, 15) is 10.1 Å². The third-order valence-electron chi connectivity index (χ3n) is 3.18. The highest BCUT2D eigenvalue weighted by molar-refractivity contribution is 5.96. The lowest BCUT2D eigenvalue weighted by Gasteiger charge is -2.13. The molecule has 1 unspecified atom stereocenters. The summed E-state index contributed by atoms with van der Waals surface area (Å²) >= 11 is 0. The number of rotatable bonds is 3. The molecule has 20 heavy (non-hydrogen) atoms. The number of amides is 1. The molecule has 100 valence electrons. The van der Waals surface area contributed by atoms with Gasteiger partial charge in [0.25, 0.3) is 5.91 Å². The lowest BCUT2D eigenvalue weighted by molar-refractivity contribution is 0.0944. The molecule has 0 aliphatic rings. The Balaban J connectivity index is 2.22. The Hall–Kier alpha value is -2.60. The average molecular weight is 264 g/mol. The molecule has 0 saturated carbocycles. The zero-order valence-corrected chi connectivity index (χ0v) is 11.6. The third-order valence-corrected chi connectivity index (χ3v) is 3.18. The van der Waals surface area contributed by atoms with Crippen molar-refractivity contribution in [1.82, 2.24) is 5.32 Å². The Labute approximate surface area is 118 Å². The zero-order chi connectivity index (χ0) is 14.5. The number of nitrogens with one attached hydrogen (secondary N) is 1. The van der Waals surface area contributed by atoms with Crippen molar-refractivity contribution < 1.29 is 4.79 Å². The fourth-order valence-electron chi connectivity index (χ4n) is 2.02. The Morgan fingerprint density at radius 1 is 1.15 bits per heavy atom. The molecule has 0 spiro atoms. The number of carbonyl (C=O) groups excluding carboxylic acids is 1. The van der Waals surface area contributed by atoms with Gasteiger partial charge in [-0.15, -0.1) is 0 Å². The minimum Gasteiger partial charge on any atom is -0.332 e. The summed E-state index contributed by atoms with van der Waals surface area (Å²) in [5.74, 6) is -0.221. The summed E-state index contributed by atoms with van der Waals surface area (Å²) in [6.07, 6.45) is 0. The summed E-state index contributed by atoms with van der Waals surface area (Å²) in [6.45, 7) is 3.83. The number of hydrogen-bond acceptors (Lipinski definition) is 2. The summed E-state index contributed by atoms with van der Waals surface area (Å²) in [5.41, 5.74) is 3.32. The van der Waals surface area contributed by atoms with Crippen LogP contribution in [0.4, 0.5) is 0 Å². The van der Waals surface area contributed by atoms with Crippen LogP contribution in [0.2, 0.25) is 0 Å². The molecule has 0 aliphatic heterocycles. The van der Waals surface area contributed by atoms with Gasteiger partial charge in [-0.2, -0.15) is 5.26 Å². The minimum atomic E-state index is -0.636. The Kier molecular flexibility index (Phi) is 4.17. The molecule has 0 fully saturated rings. The molecule has 0 aromatic heterocycles. The van der Waals surface area contributed by atoms with Gasteiger partial charge in [0, 0.05) is 5.56 Å². The van der Waals surface area contributed by atoms with E-state index in [2.05, 4.69) is 11.4 Å². The number of benzene rings is 2. The van der Waals surface area contributed by atoms with Crippen molar-refractivity contribution in [3.8, 4) is 6.07 Å². The molecular formula is C17H16N2O. The number of hydrogen-bond donors (Lipinski definition) is 1. The van der Waals surface area contributed by atoms with E-state index in [1.807, 2.05) is 62.4 Å². The second-order valence-corrected chi connectivity index (χ2v) is 4.76. The fourth-order valence-corrected chi connectivity index (χ4v) is 2.02. The van der Waals surface area contributed by atoms with Gasteiger partial charge in [0.15, 0.2) is 0 Å². The maximum atomic E-state index is 12.3. The van der Waals surface area contributed by atoms with Crippen LogP contribution in [0.3, 0.4) is 0 Å². The van der Waals surface area contributed by atoms with Crippen LogP contribution >= 0.6 is 0 Å². The Bertz CT molecular complexity index is 656. The topological polar surface area (TPSA) is 52.9 Å². The Morgan fingerprint density at radius 2 is 1.85 bits per heavy atom. The van der Waals surface area contributed by atoms with Gasteiger partial charge < -0.3 is 5.32 Å². The van der Waals surface area contributed by atoms with Crippen LogP contribution in [-0.4, -0.2) is 5.91 Å². The SMILES string of the molecule is Cc1ccc(C)c(C(=O)NC(C#N)c2ccccc2)c1. The molecule has 0 radical (unpaired) electrons. The van der Waals surface area contributed by atoms with Crippen LogP contribution in [0, 0.1) is 25.2 Å². The maximum Gasteiger partial charge on any atom is 0.252 e. The fraction of sp³-hybridized carbons (Fsp3) is 0.176. The standard InChI is InChI=1S/C17H16N2O/c1-12-8-9-13(2)15(10-12)17(20)19-16(11-18)14-6-4-3-5-7-14/h3-10,16H,1-2H3,(H,19,20). The lowest BCUT2D eigenvalue weighted by atomic mass is 10.0. The van der Waals surface area contributed by atoms with E-state index in [4.69, 9.17) is 0 Å². The monoisotopic (exact) mass is 264 g/mol. The van der Waals surface area contributed by atoms with Crippen molar-refractivity contribution in [3.63, 3.8) is 0 Å². The van der Waals surface area contributed by atoms with Crippen molar-refractivity contribution in [2.24, 2.45) is 0 Å². The first kappa shape index (κ1) is 13.8. The zero-order valence-electron chi connectivity index (χ0n) is 11.6. The van der Waals surface area contributed by atoms with E-state index >= 15 is 0 Å². The highest BCUT2D eigenvalue weighted by Crippen LogP contribution is 2.15. The van der Waals surface area contributed by atoms with Crippen molar-refractivity contribution in [2.75, 3.05) is 0 Å². The summed E-state index contributed by atoms with van der Waals surface area (Å²) in [6, 6.07) is 16.4. The van der Waals surface area contributed by atoms with Gasteiger partial charge in [-0.3, -0.25) is 4.79 Å². The minimum absolute atomic E-state index is 0.221. The van der Waals surface area contributed by atoms with Crippen LogP contribution in [0.25, 0.3) is 0 Å². The van der Waals surface area contributed by atoms with Gasteiger partial charge in [-0.1, -0.05) is 48.0 Å². The molecule has 2 aromatic rings. The highest BCUT2D eigenvalue weighted by Gasteiger charge is 2.16. The average Bonchev–Trinajstić information content (AvgIpc) is 2.48. The molecule has 3 heteroatoms. The number of aryl methyl sites for hydroxylation is 2. The second kappa shape index (κ2) is 6.03. The largest absolute Gasteiger partial charge is 0.332 e. The summed E-state index contributed by atoms with van der Waals surface area (Å²) < 4.78 is 0. The van der Waals surface area contributed by atoms with Crippen molar-refractivity contribution in [3.05, 3.63) is 70.8 Å². The van der Waals surface area contributed by atoms with E-state index in [1.54, 1.807) is 0 Å². The van der Waals surface area contributed by atoms with Gasteiger partial charge in [0.1, 0.15) is 6.04 Å². The van der Waals surface area contributed by atoms with Crippen molar-refractivity contribution >= 4 is 5.91 Å². The maximum absolute atomic E-state index is 12.3. The smallest absolute Gasteiger partial charge is 0.252 e. The number of carbonyl (C=O) groups is 1. The first-order valence-corrected chi connectivity index (χ1v) is 6.44. The third kappa shape index (κ3) is 3.04. The van der Waals surface area contributed by atoms with Crippen LogP contribution in [0.1, 0.15) is 33.1 Å². The molecule has 0 bridgehead atoms. The van der Waals surface area contributed by atoms with E-state index in [1.165, 1.54) is 0 Å². The molecule has 0 saturated heterocycles. The first-order chi connectivity index (χ1) is 9.61. The van der Waals surface area contributed by atoms with Gasteiger partial charge in [-0.05, 0) is 31.0 Å². The predicted octanol–water partition coefficient (Wildman–Crippen LogP) is 3.30. The van der Waals surface area contributed by atoms with Gasteiger partial charge >= 0.3 is 0 Å². The van der Waals surface area contributed by atoms with Crippen LogP contribution in [0.15, 0.2) is 48.5 Å². The van der Waals surface area contributed by atoms with E-state index in [-0.39, 0.29) is 5.91 Å². The van der Waals surface area contributed by atoms with Crippen LogP contribution < -0.4 is 5.32 Å². The highest BCUT2D eigenvalue weighted by atomic mass is 16.1. The molecule has 2 rings (SSSR count). The summed E-state index contributed by atoms with van der Waals surface area (Å²) in [7, 11) is 0. The van der Waals surface area contributed by atoms with Gasteiger partial charge in [0.2, 0.25) is 0 Å². The normalized spacial score (nSPS) is 11.4. The molecule has 0 heterocycles. The van der Waals surface area contributed by atoms with E-state index in [0.29, 0.717) is 5.56 Å². The molecular weight excluding hydrogens is 248 g/mol. The molecule has 1 amide bonds. The van der Waals surface area contributed by atoms with Gasteiger partial charge in [-0.25, -0.2) is 0 Å². The van der Waals surface area contributed by atoms with Crippen molar-refractivity contribution in [1.29, 1.82) is 5.26 Å². The van der Waals surface area contributed by atoms with Crippen LogP contribution in [0.5, 0.6) is 0 Å². The molecule has 0 aliphatic carbocycles. The quantitative estimate of drug-likeness (QED) is 0.924. The van der Waals surface area contributed by atoms with E-state index < -0.39 is 6.04 Å². The van der Waals surface area contributed by atoms with E-state index in [0.717, 1.165) is 16.7 Å². The number of nitrogens with zero attached hydrogens (tertiary/aromatic N) is 1. The molecule has 1 N–H and O–H groups in total. The molecule has 1 atom stereocenters. The van der Waals surface area contributed by atoms with Crippen LogP contribution in [-0.2, 0) is 0 Å². The Morgan fingerprint density at radius 3 is 2.50 bits per heavy atom. The summed E-state index contributed by atoms with van der Waals surface area (Å²) in [4.78, 5) is 12.3. The van der Waals surface area contributed by atoms with Crippen molar-refractivity contribution in [2.45, 2.75) is 19.9 Å². The first-order valence-electron chi connectivity index (χ1n) is 6.44. The van der Waals surface area contributed by atoms with Gasteiger partial charge in [0.05, 0.1) is 6.07 Å². The lowest BCUT2D eigenvalue weighted by Crippen LogP contribution is -2.28. The second-order valence-electron chi connectivity index (χ2n) is 4.76. The molecule has 3 nitrogen and oxygen atoms in total. The molecule has 2 aromatic carbocycles. The number of nitriles is 1. The summed E-state index contributed by atoms with van der Waals surface area (Å²) in [5, 5.41) is 12.0.